The van der Waals surface area contributed by atoms with Crippen molar-refractivity contribution >= 4 is 18.3 Å². The van der Waals surface area contributed by atoms with E-state index in [0.717, 1.165) is 0 Å². The van der Waals surface area contributed by atoms with E-state index in [1.54, 1.807) is 22.9 Å². The molecule has 2 saturated heterocycles. The number of carbonyl (C=O) groups excluding carboxylic acids is 2. The monoisotopic (exact) mass is 365 g/mol. The largest absolute Gasteiger partial charge is 0.483 e. The number of hydrogen-bond donors (Lipinski definition) is 2. The number of aryl methyl sites for hydroxylation is 1. The minimum absolute atomic E-state index is 0.0464. The molecule has 3 rings (SSSR count). The molecule has 3 heterocycles. The zero-order valence-electron chi connectivity index (χ0n) is 14.8. The van der Waals surface area contributed by atoms with Crippen LogP contribution < -0.4 is 5.56 Å². The van der Waals surface area contributed by atoms with Crippen molar-refractivity contribution < 1.29 is 24.2 Å². The first-order chi connectivity index (χ1) is 12.4. The number of likely N-dealkylation sites (N-methyl/N-ethyl adjacent to an activating group) is 1. The van der Waals surface area contributed by atoms with Gasteiger partial charge in [-0.25, -0.2) is 0 Å². The van der Waals surface area contributed by atoms with Crippen LogP contribution in [0.4, 0.5) is 0 Å². The molecule has 0 radical (unpaired) electrons. The summed E-state index contributed by atoms with van der Waals surface area (Å²) in [5.41, 5.74) is 0.941. The van der Waals surface area contributed by atoms with Gasteiger partial charge in [0.1, 0.15) is 0 Å². The highest BCUT2D eigenvalue weighted by atomic mass is 16.5. The van der Waals surface area contributed by atoms with E-state index in [1.165, 1.54) is 6.07 Å². The maximum atomic E-state index is 12.8. The molecule has 1 aromatic rings. The van der Waals surface area contributed by atoms with Gasteiger partial charge in [-0.05, 0) is 12.5 Å². The van der Waals surface area contributed by atoms with E-state index in [2.05, 4.69) is 4.98 Å². The van der Waals surface area contributed by atoms with Crippen LogP contribution in [0.2, 0.25) is 0 Å². The summed E-state index contributed by atoms with van der Waals surface area (Å²) in [6, 6.07) is 2.83. The number of ether oxygens (including phenoxy) is 1. The van der Waals surface area contributed by atoms with E-state index >= 15 is 0 Å². The second-order valence-electron chi connectivity index (χ2n) is 6.12. The fourth-order valence-corrected chi connectivity index (χ4v) is 3.28. The van der Waals surface area contributed by atoms with Gasteiger partial charge in [-0.3, -0.25) is 19.2 Å². The molecule has 0 aliphatic carbocycles. The number of amides is 2. The van der Waals surface area contributed by atoms with Gasteiger partial charge >= 0.3 is 0 Å². The molecule has 2 atom stereocenters. The van der Waals surface area contributed by atoms with Gasteiger partial charge in [-0.2, -0.15) is 0 Å². The number of aromatic nitrogens is 1. The number of carbonyl (C=O) groups is 3. The first-order valence-corrected chi connectivity index (χ1v) is 8.39. The average molecular weight is 365 g/mol. The van der Waals surface area contributed by atoms with E-state index in [1.807, 2.05) is 6.92 Å². The predicted octanol–water partition coefficient (Wildman–Crippen LogP) is -0.290. The molecule has 9 nitrogen and oxygen atoms in total. The third kappa shape index (κ3) is 4.10. The molecule has 2 amide bonds. The molecular weight excluding hydrogens is 342 g/mol. The maximum Gasteiger partial charge on any atom is 0.290 e. The van der Waals surface area contributed by atoms with E-state index in [4.69, 9.17) is 14.6 Å². The lowest BCUT2D eigenvalue weighted by atomic mass is 10.1. The predicted molar refractivity (Wildman–Crippen MR) is 92.0 cm³/mol. The lowest BCUT2D eigenvalue weighted by Gasteiger charge is -2.25. The Morgan fingerprint density at radius 1 is 1.38 bits per heavy atom. The molecule has 2 N–H and O–H groups in total. The van der Waals surface area contributed by atoms with Crippen molar-refractivity contribution in [3.8, 4) is 0 Å². The number of likely N-dealkylation sites (tertiary alicyclic amines) is 1. The second-order valence-corrected chi connectivity index (χ2v) is 6.12. The van der Waals surface area contributed by atoms with E-state index in [9.17, 15) is 14.4 Å². The number of hydrogen-bond acceptors (Lipinski definition) is 5. The second kappa shape index (κ2) is 8.61. The number of carboxylic acid groups (broad SMARTS) is 1. The number of rotatable bonds is 2. The topological polar surface area (TPSA) is 120 Å². The Bertz CT molecular complexity index is 731. The van der Waals surface area contributed by atoms with Gasteiger partial charge in [0.05, 0.1) is 30.7 Å². The van der Waals surface area contributed by atoms with Crippen LogP contribution in [0.25, 0.3) is 0 Å². The number of aromatic amines is 1. The molecule has 9 heteroatoms. The number of nitrogens with zero attached hydrogens (tertiary/aromatic N) is 2. The Balaban J connectivity index is 0.000000758. The summed E-state index contributed by atoms with van der Waals surface area (Å²) in [5.74, 6) is -0.0827. The van der Waals surface area contributed by atoms with Crippen LogP contribution in [0.15, 0.2) is 16.9 Å². The average Bonchev–Trinajstić information content (AvgIpc) is 2.99. The Hall–Kier alpha value is -2.68. The Morgan fingerprint density at radius 2 is 2.08 bits per heavy atom. The van der Waals surface area contributed by atoms with Crippen molar-refractivity contribution in [3.05, 3.63) is 33.7 Å². The van der Waals surface area contributed by atoms with Crippen LogP contribution in [0.1, 0.15) is 29.4 Å². The van der Waals surface area contributed by atoms with Gasteiger partial charge in [-0.1, -0.05) is 6.92 Å². The number of H-pyrrole nitrogens is 1. The van der Waals surface area contributed by atoms with Crippen LogP contribution in [0, 0.1) is 0 Å². The lowest BCUT2D eigenvalue weighted by Crippen LogP contribution is -2.43. The van der Waals surface area contributed by atoms with Crippen LogP contribution in [-0.2, 0) is 20.7 Å². The summed E-state index contributed by atoms with van der Waals surface area (Å²) in [7, 11) is 1.76. The molecular formula is C17H23N3O6. The quantitative estimate of drug-likeness (QED) is 0.695. The summed E-state index contributed by atoms with van der Waals surface area (Å²) < 4.78 is 5.75. The minimum Gasteiger partial charge on any atom is -0.483 e. The summed E-state index contributed by atoms with van der Waals surface area (Å²) in [5, 5.41) is 6.89. The highest BCUT2D eigenvalue weighted by Gasteiger charge is 2.41. The molecule has 0 bridgehead atoms. The zero-order chi connectivity index (χ0) is 19.3. The SMILES string of the molecule is CCc1[nH]c(=O)ccc1C(=O)N1C[C@@H]2OCCC(=O)N(C)[C@H]2C1.O=CO. The minimum atomic E-state index is -0.250. The van der Waals surface area contributed by atoms with Gasteiger partial charge in [0.2, 0.25) is 11.5 Å². The smallest absolute Gasteiger partial charge is 0.290 e. The molecule has 2 aliphatic heterocycles. The van der Waals surface area contributed by atoms with Crippen molar-refractivity contribution in [2.75, 3.05) is 26.7 Å². The lowest BCUT2D eigenvalue weighted by molar-refractivity contribution is -0.131. The van der Waals surface area contributed by atoms with Gasteiger partial charge in [0, 0.05) is 31.9 Å². The summed E-state index contributed by atoms with van der Waals surface area (Å²) in [6.07, 6.45) is 0.813. The molecule has 1 aromatic heterocycles. The standard InChI is InChI=1S/C16H21N3O4.CH2O2/c1-3-11-10(4-5-14(20)17-11)16(22)19-8-12-13(9-19)23-7-6-15(21)18(12)2;2-1-3/h4-5,12-13H,3,6-9H2,1-2H3,(H,17,20);1H,(H,2,3)/t12-,13-;/m0./s1. The van der Waals surface area contributed by atoms with Gasteiger partial charge in [0.15, 0.2) is 0 Å². The van der Waals surface area contributed by atoms with Crippen molar-refractivity contribution in [3.63, 3.8) is 0 Å². The van der Waals surface area contributed by atoms with Crippen LogP contribution in [0.3, 0.4) is 0 Å². The van der Waals surface area contributed by atoms with Gasteiger partial charge in [0.25, 0.3) is 12.4 Å². The maximum absolute atomic E-state index is 12.8. The Kier molecular flexibility index (Phi) is 6.51. The van der Waals surface area contributed by atoms with Crippen molar-refractivity contribution in [2.24, 2.45) is 0 Å². The fraction of sp³-hybridized carbons (Fsp3) is 0.529. The van der Waals surface area contributed by atoms with E-state index in [0.29, 0.717) is 43.8 Å². The van der Waals surface area contributed by atoms with Gasteiger partial charge < -0.3 is 24.6 Å². The molecule has 142 valence electrons. The molecule has 0 unspecified atom stereocenters. The number of fused-ring (bicyclic) bond motifs is 1. The van der Waals surface area contributed by atoms with E-state index in [-0.39, 0.29) is 36.0 Å². The highest BCUT2D eigenvalue weighted by molar-refractivity contribution is 5.95. The van der Waals surface area contributed by atoms with Crippen molar-refractivity contribution in [1.82, 2.24) is 14.8 Å². The molecule has 0 aromatic carbocycles. The third-order valence-electron chi connectivity index (χ3n) is 4.65. The molecule has 26 heavy (non-hydrogen) atoms. The fourth-order valence-electron chi connectivity index (χ4n) is 3.28. The number of nitrogens with one attached hydrogen (secondary N) is 1. The molecule has 2 aliphatic rings. The number of pyridine rings is 1. The normalized spacial score (nSPS) is 22.2. The summed E-state index contributed by atoms with van der Waals surface area (Å²) in [6.45, 7) is 2.95. The summed E-state index contributed by atoms with van der Waals surface area (Å²) in [4.78, 5) is 50.6. The summed E-state index contributed by atoms with van der Waals surface area (Å²) >= 11 is 0. The molecule has 2 fully saturated rings. The third-order valence-corrected chi connectivity index (χ3v) is 4.65. The van der Waals surface area contributed by atoms with Crippen molar-refractivity contribution in [1.29, 1.82) is 0 Å². The molecule has 0 saturated carbocycles. The van der Waals surface area contributed by atoms with E-state index < -0.39 is 0 Å². The van der Waals surface area contributed by atoms with Crippen LogP contribution >= 0.6 is 0 Å². The highest BCUT2D eigenvalue weighted by Crippen LogP contribution is 2.24. The zero-order valence-corrected chi connectivity index (χ0v) is 14.8. The van der Waals surface area contributed by atoms with Gasteiger partial charge in [-0.15, -0.1) is 0 Å². The molecule has 0 spiro atoms. The van der Waals surface area contributed by atoms with Crippen LogP contribution in [-0.4, -0.2) is 77.1 Å². The van der Waals surface area contributed by atoms with Crippen LogP contribution in [0.5, 0.6) is 0 Å². The first kappa shape index (κ1) is 19.6. The first-order valence-electron chi connectivity index (χ1n) is 8.39. The van der Waals surface area contributed by atoms with Crippen molar-refractivity contribution in [2.45, 2.75) is 31.9 Å². The Labute approximate surface area is 150 Å². The Morgan fingerprint density at radius 3 is 2.73 bits per heavy atom.